The van der Waals surface area contributed by atoms with Gasteiger partial charge in [0.15, 0.2) is 5.03 Å². The highest BCUT2D eigenvalue weighted by Gasteiger charge is 2.17. The summed E-state index contributed by atoms with van der Waals surface area (Å²) in [6.45, 7) is 4.18. The van der Waals surface area contributed by atoms with E-state index in [4.69, 9.17) is 5.11 Å². The third kappa shape index (κ3) is 3.23. The number of piperazine rings is 1. The van der Waals surface area contributed by atoms with E-state index in [1.807, 2.05) is 12.1 Å². The number of likely N-dealkylation sites (N-methyl/N-ethyl adjacent to an activating group) is 1. The lowest BCUT2D eigenvalue weighted by atomic mass is 10.2. The molecule has 3 rings (SSSR count). The first kappa shape index (κ1) is 14.9. The molecule has 0 radical (unpaired) electrons. The van der Waals surface area contributed by atoms with Gasteiger partial charge in [-0.25, -0.2) is 4.79 Å². The Kier molecular flexibility index (Phi) is 4.30. The first-order valence-electron chi connectivity index (χ1n) is 6.99. The molecule has 0 unspecified atom stereocenters. The van der Waals surface area contributed by atoms with Gasteiger partial charge in [0.2, 0.25) is 5.69 Å². The molecule has 0 amide bonds. The van der Waals surface area contributed by atoms with Crippen LogP contribution in [0.1, 0.15) is 10.5 Å². The lowest BCUT2D eigenvalue weighted by Gasteiger charge is -2.34. The maximum absolute atomic E-state index is 11.0. The molecule has 22 heavy (non-hydrogen) atoms. The molecule has 0 atom stereocenters. The number of H-pyrrole nitrogens is 1. The van der Waals surface area contributed by atoms with Gasteiger partial charge in [-0.2, -0.15) is 5.21 Å². The summed E-state index contributed by atoms with van der Waals surface area (Å²) < 4.78 is 0. The third-order valence-electron chi connectivity index (χ3n) is 3.64. The number of aromatic amines is 1. The Bertz CT molecular complexity index is 650. The number of rotatable bonds is 4. The molecule has 1 aliphatic rings. The van der Waals surface area contributed by atoms with E-state index in [0.717, 1.165) is 31.1 Å². The second-order valence-electron chi connectivity index (χ2n) is 5.17. The molecule has 1 aromatic heterocycles. The van der Waals surface area contributed by atoms with Crippen LogP contribution < -0.4 is 4.90 Å². The molecule has 2 aromatic rings. The number of aromatic nitrogens is 3. The van der Waals surface area contributed by atoms with E-state index in [0.29, 0.717) is 5.03 Å². The number of hydrogen-bond acceptors (Lipinski definition) is 6. The molecule has 116 valence electrons. The Balaban J connectivity index is 1.69. The Hall–Kier alpha value is -2.06. The molecule has 1 saturated heterocycles. The fraction of sp³-hybridized carbons (Fsp3) is 0.357. The molecular weight excluding hydrogens is 302 g/mol. The number of carboxylic acids is 1. The number of carbonyl (C=O) groups is 1. The smallest absolute Gasteiger partial charge is 0.359 e. The lowest BCUT2D eigenvalue weighted by molar-refractivity contribution is 0.0686. The summed E-state index contributed by atoms with van der Waals surface area (Å²) in [7, 11) is 2.13. The zero-order valence-corrected chi connectivity index (χ0v) is 13.0. The first-order valence-corrected chi connectivity index (χ1v) is 7.80. The summed E-state index contributed by atoms with van der Waals surface area (Å²) in [5, 5.41) is 19.3. The van der Waals surface area contributed by atoms with Crippen LogP contribution in [0.15, 0.2) is 34.2 Å². The maximum Gasteiger partial charge on any atom is 0.359 e. The second kappa shape index (κ2) is 6.37. The zero-order chi connectivity index (χ0) is 15.5. The van der Waals surface area contributed by atoms with Gasteiger partial charge in [-0.3, -0.25) is 0 Å². The minimum atomic E-state index is -1.08. The van der Waals surface area contributed by atoms with Crippen LogP contribution in [0.3, 0.4) is 0 Å². The molecule has 0 saturated carbocycles. The fourth-order valence-corrected chi connectivity index (χ4v) is 3.14. The number of nitrogens with zero attached hydrogens (tertiary/aromatic N) is 4. The highest BCUT2D eigenvalue weighted by molar-refractivity contribution is 7.99. The molecular formula is C14H17N5O2S. The Morgan fingerprint density at radius 3 is 2.50 bits per heavy atom. The summed E-state index contributed by atoms with van der Waals surface area (Å²) in [5.41, 5.74) is 1.14. The highest BCUT2D eigenvalue weighted by Crippen LogP contribution is 2.29. The van der Waals surface area contributed by atoms with Crippen LogP contribution in [0.4, 0.5) is 5.69 Å². The van der Waals surface area contributed by atoms with Gasteiger partial charge in [0.05, 0.1) is 0 Å². The minimum Gasteiger partial charge on any atom is -0.476 e. The molecule has 0 spiro atoms. The first-order chi connectivity index (χ1) is 10.6. The standard InChI is InChI=1S/C14H17N5O2S/c1-18-6-8-19(9-7-18)10-2-4-11(5-3-10)22-13-12(14(20)21)15-17-16-13/h2-5H,6-9H2,1H3,(H,20,21)(H,15,16,17). The fourth-order valence-electron chi connectivity index (χ4n) is 2.33. The van der Waals surface area contributed by atoms with Crippen molar-refractivity contribution in [3.63, 3.8) is 0 Å². The van der Waals surface area contributed by atoms with Crippen molar-refractivity contribution >= 4 is 23.4 Å². The molecule has 2 heterocycles. The van der Waals surface area contributed by atoms with Gasteiger partial charge < -0.3 is 14.9 Å². The summed E-state index contributed by atoms with van der Waals surface area (Å²) in [5.74, 6) is -1.08. The van der Waals surface area contributed by atoms with Gasteiger partial charge in [-0.05, 0) is 31.3 Å². The van der Waals surface area contributed by atoms with E-state index < -0.39 is 5.97 Å². The average Bonchev–Trinajstić information content (AvgIpc) is 2.97. The van der Waals surface area contributed by atoms with Gasteiger partial charge in [-0.1, -0.05) is 11.8 Å². The molecule has 0 bridgehead atoms. The van der Waals surface area contributed by atoms with Crippen molar-refractivity contribution in [2.24, 2.45) is 0 Å². The second-order valence-corrected chi connectivity index (χ2v) is 6.23. The summed E-state index contributed by atoms with van der Waals surface area (Å²) >= 11 is 1.29. The number of anilines is 1. The maximum atomic E-state index is 11.0. The molecule has 2 N–H and O–H groups in total. The van der Waals surface area contributed by atoms with Crippen molar-refractivity contribution in [2.75, 3.05) is 38.1 Å². The predicted molar refractivity (Wildman–Crippen MR) is 83.6 cm³/mol. The minimum absolute atomic E-state index is 0.0480. The quantitative estimate of drug-likeness (QED) is 0.881. The average molecular weight is 319 g/mol. The SMILES string of the molecule is CN1CCN(c2ccc(Sc3n[nH]nc3C(=O)O)cc2)CC1. The van der Waals surface area contributed by atoms with Gasteiger partial charge in [0, 0.05) is 36.8 Å². The lowest BCUT2D eigenvalue weighted by Crippen LogP contribution is -2.44. The van der Waals surface area contributed by atoms with Crippen molar-refractivity contribution in [2.45, 2.75) is 9.92 Å². The van der Waals surface area contributed by atoms with Crippen LogP contribution in [0.25, 0.3) is 0 Å². The van der Waals surface area contributed by atoms with Crippen LogP contribution in [0.5, 0.6) is 0 Å². The van der Waals surface area contributed by atoms with E-state index in [-0.39, 0.29) is 5.69 Å². The topological polar surface area (TPSA) is 85.4 Å². The van der Waals surface area contributed by atoms with Gasteiger partial charge >= 0.3 is 5.97 Å². The van der Waals surface area contributed by atoms with E-state index in [1.54, 1.807) is 0 Å². The van der Waals surface area contributed by atoms with Crippen LogP contribution >= 0.6 is 11.8 Å². The monoisotopic (exact) mass is 319 g/mol. The van der Waals surface area contributed by atoms with E-state index >= 15 is 0 Å². The van der Waals surface area contributed by atoms with E-state index in [9.17, 15) is 4.79 Å². The summed E-state index contributed by atoms with van der Waals surface area (Å²) in [4.78, 5) is 16.6. The van der Waals surface area contributed by atoms with Crippen molar-refractivity contribution in [1.82, 2.24) is 20.3 Å². The molecule has 7 nitrogen and oxygen atoms in total. The number of aromatic carboxylic acids is 1. The molecule has 1 fully saturated rings. The Morgan fingerprint density at radius 2 is 1.86 bits per heavy atom. The number of hydrogen-bond donors (Lipinski definition) is 2. The predicted octanol–water partition coefficient (Wildman–Crippen LogP) is 1.41. The summed E-state index contributed by atoms with van der Waals surface area (Å²) in [6, 6.07) is 8.10. The van der Waals surface area contributed by atoms with Crippen molar-refractivity contribution in [3.8, 4) is 0 Å². The van der Waals surface area contributed by atoms with E-state index in [2.05, 4.69) is 44.4 Å². The third-order valence-corrected chi connectivity index (χ3v) is 4.62. The van der Waals surface area contributed by atoms with Crippen LogP contribution in [0.2, 0.25) is 0 Å². The van der Waals surface area contributed by atoms with Crippen LogP contribution in [-0.4, -0.2) is 64.6 Å². The van der Waals surface area contributed by atoms with Gasteiger partial charge in [0.1, 0.15) is 0 Å². The summed E-state index contributed by atoms with van der Waals surface area (Å²) in [6.07, 6.45) is 0. The van der Waals surface area contributed by atoms with E-state index in [1.165, 1.54) is 17.4 Å². The zero-order valence-electron chi connectivity index (χ0n) is 12.2. The van der Waals surface area contributed by atoms with Gasteiger partial charge in [-0.15, -0.1) is 10.2 Å². The Morgan fingerprint density at radius 1 is 1.18 bits per heavy atom. The highest BCUT2D eigenvalue weighted by atomic mass is 32.2. The number of carboxylic acid groups (broad SMARTS) is 1. The normalized spacial score (nSPS) is 16.0. The van der Waals surface area contributed by atoms with Crippen molar-refractivity contribution in [3.05, 3.63) is 30.0 Å². The molecule has 1 aromatic carbocycles. The van der Waals surface area contributed by atoms with Gasteiger partial charge in [0.25, 0.3) is 0 Å². The number of benzene rings is 1. The molecule has 8 heteroatoms. The molecule has 0 aliphatic carbocycles. The molecule has 1 aliphatic heterocycles. The van der Waals surface area contributed by atoms with Crippen LogP contribution in [-0.2, 0) is 0 Å². The largest absolute Gasteiger partial charge is 0.476 e. The van der Waals surface area contributed by atoms with Crippen molar-refractivity contribution < 1.29 is 9.90 Å². The van der Waals surface area contributed by atoms with Crippen LogP contribution in [0, 0.1) is 0 Å². The van der Waals surface area contributed by atoms with Crippen molar-refractivity contribution in [1.29, 1.82) is 0 Å². The number of nitrogens with one attached hydrogen (secondary N) is 1. The Labute approximate surface area is 132 Å².